The molecular formula is C19H26N4O. The molecule has 0 saturated heterocycles. The Labute approximate surface area is 143 Å². The van der Waals surface area contributed by atoms with Crippen LogP contribution in [0.25, 0.3) is 11.0 Å². The van der Waals surface area contributed by atoms with Crippen LogP contribution >= 0.6 is 0 Å². The third-order valence-electron chi connectivity index (χ3n) is 3.73. The zero-order chi connectivity index (χ0) is 18.3. The van der Waals surface area contributed by atoms with Gasteiger partial charge >= 0.3 is 0 Å². The molecule has 1 N–H and O–H groups in total. The summed E-state index contributed by atoms with van der Waals surface area (Å²) in [6.45, 7) is 14.1. The Hall–Kier alpha value is -2.35. The average molecular weight is 326 g/mol. The number of aromatic nitrogens is 2. The number of benzene rings is 1. The second-order valence-corrected chi connectivity index (χ2v) is 8.49. The van der Waals surface area contributed by atoms with Gasteiger partial charge in [-0.3, -0.25) is 10.1 Å². The van der Waals surface area contributed by atoms with E-state index in [2.05, 4.69) is 37.1 Å². The average Bonchev–Trinajstić information content (AvgIpc) is 2.71. The van der Waals surface area contributed by atoms with Gasteiger partial charge in [0, 0.05) is 12.0 Å². The minimum Gasteiger partial charge on any atom is -0.305 e. The minimum absolute atomic E-state index is 0.0551. The van der Waals surface area contributed by atoms with Crippen molar-refractivity contribution in [2.45, 2.75) is 60.4 Å². The van der Waals surface area contributed by atoms with E-state index in [-0.39, 0.29) is 16.9 Å². The summed E-state index contributed by atoms with van der Waals surface area (Å²) in [5.74, 6) is 0.474. The summed E-state index contributed by atoms with van der Waals surface area (Å²) in [4.78, 5) is 17.0. The molecule has 1 heterocycles. The van der Waals surface area contributed by atoms with Crippen LogP contribution in [0.15, 0.2) is 12.1 Å². The molecule has 0 aliphatic carbocycles. The first-order chi connectivity index (χ1) is 10.9. The highest BCUT2D eigenvalue weighted by atomic mass is 16.1. The molecule has 128 valence electrons. The van der Waals surface area contributed by atoms with Gasteiger partial charge in [-0.05, 0) is 50.8 Å². The van der Waals surface area contributed by atoms with Crippen LogP contribution in [0.1, 0.15) is 59.1 Å². The molecule has 0 saturated carbocycles. The second kappa shape index (κ2) is 5.94. The molecule has 0 atom stereocenters. The molecule has 0 unspecified atom stereocenters. The lowest BCUT2D eigenvalue weighted by molar-refractivity contribution is -0.117. The van der Waals surface area contributed by atoms with Crippen molar-refractivity contribution in [2.24, 2.45) is 5.41 Å². The van der Waals surface area contributed by atoms with Crippen LogP contribution in [-0.2, 0) is 10.3 Å². The number of hydrogen-bond donors (Lipinski definition) is 1. The number of hydrogen-bond acceptors (Lipinski definition) is 3. The predicted molar refractivity (Wildman–Crippen MR) is 96.9 cm³/mol. The quantitative estimate of drug-likeness (QED) is 0.892. The van der Waals surface area contributed by atoms with Crippen LogP contribution in [-0.4, -0.2) is 15.5 Å². The van der Waals surface area contributed by atoms with Gasteiger partial charge in [-0.2, -0.15) is 5.26 Å². The molecular weight excluding hydrogens is 300 g/mol. The van der Waals surface area contributed by atoms with Gasteiger partial charge in [0.05, 0.1) is 22.7 Å². The summed E-state index contributed by atoms with van der Waals surface area (Å²) < 4.78 is 1.99. The van der Waals surface area contributed by atoms with Crippen LogP contribution in [0.2, 0.25) is 0 Å². The van der Waals surface area contributed by atoms with Gasteiger partial charge in [-0.25, -0.2) is 4.98 Å². The predicted octanol–water partition coefficient (Wildman–Crippen LogP) is 4.35. The lowest BCUT2D eigenvalue weighted by Gasteiger charge is -2.25. The maximum absolute atomic E-state index is 12.4. The highest BCUT2D eigenvalue weighted by molar-refractivity contribution is 5.92. The molecule has 2 rings (SSSR count). The van der Waals surface area contributed by atoms with Crippen LogP contribution < -0.4 is 5.32 Å². The Morgan fingerprint density at radius 3 is 2.38 bits per heavy atom. The molecule has 0 aliphatic rings. The number of nitrogens with one attached hydrogen (secondary N) is 1. The summed E-state index contributed by atoms with van der Waals surface area (Å²) in [6, 6.07) is 5.97. The van der Waals surface area contributed by atoms with Crippen molar-refractivity contribution in [3.63, 3.8) is 0 Å². The van der Waals surface area contributed by atoms with Crippen molar-refractivity contribution in [2.75, 3.05) is 5.32 Å². The highest BCUT2D eigenvalue weighted by Crippen LogP contribution is 2.30. The molecule has 0 bridgehead atoms. The van der Waals surface area contributed by atoms with Crippen molar-refractivity contribution in [1.29, 1.82) is 5.26 Å². The molecule has 1 aromatic carbocycles. The summed E-state index contributed by atoms with van der Waals surface area (Å²) in [7, 11) is 0. The third kappa shape index (κ3) is 3.76. The number of carbonyl (C=O) groups is 1. The first-order valence-electron chi connectivity index (χ1n) is 8.16. The van der Waals surface area contributed by atoms with Crippen molar-refractivity contribution in [1.82, 2.24) is 9.55 Å². The van der Waals surface area contributed by atoms with Crippen molar-refractivity contribution in [3.8, 4) is 6.07 Å². The van der Waals surface area contributed by atoms with Gasteiger partial charge in [0.15, 0.2) is 0 Å². The molecule has 0 radical (unpaired) electrons. The Morgan fingerprint density at radius 1 is 1.25 bits per heavy atom. The molecule has 0 aliphatic heterocycles. The standard InChI is InChI=1S/C19H26N4O/c1-12-8-14-15(9-13(12)11-20)23(19(5,6)7)17(21-14)22-16(24)10-18(2,3)4/h8-9H,10H2,1-7H3,(H,21,22,24). The monoisotopic (exact) mass is 326 g/mol. The smallest absolute Gasteiger partial charge is 0.227 e. The lowest BCUT2D eigenvalue weighted by Crippen LogP contribution is -2.27. The molecule has 24 heavy (non-hydrogen) atoms. The third-order valence-corrected chi connectivity index (χ3v) is 3.73. The van der Waals surface area contributed by atoms with Crippen molar-refractivity contribution in [3.05, 3.63) is 23.3 Å². The normalized spacial score (nSPS) is 12.2. The van der Waals surface area contributed by atoms with E-state index in [0.29, 0.717) is 17.9 Å². The SMILES string of the molecule is Cc1cc2nc(NC(=O)CC(C)(C)C)n(C(C)(C)C)c2cc1C#N. The Balaban J connectivity index is 2.58. The van der Waals surface area contributed by atoms with Crippen LogP contribution in [0.5, 0.6) is 0 Å². The number of nitrogens with zero attached hydrogens (tertiary/aromatic N) is 3. The summed E-state index contributed by atoms with van der Waals surface area (Å²) in [6.07, 6.45) is 0.419. The highest BCUT2D eigenvalue weighted by Gasteiger charge is 2.24. The Bertz CT molecular complexity index is 826. The maximum Gasteiger partial charge on any atom is 0.227 e. The minimum atomic E-state index is -0.277. The van der Waals surface area contributed by atoms with E-state index in [1.54, 1.807) is 0 Å². The maximum atomic E-state index is 12.4. The molecule has 5 heteroatoms. The summed E-state index contributed by atoms with van der Waals surface area (Å²) in [5.41, 5.74) is 2.79. The summed E-state index contributed by atoms with van der Waals surface area (Å²) in [5, 5.41) is 12.3. The number of fused-ring (bicyclic) bond motifs is 1. The molecule has 2 aromatic rings. The Kier molecular flexibility index (Phi) is 4.45. The second-order valence-electron chi connectivity index (χ2n) is 8.49. The largest absolute Gasteiger partial charge is 0.305 e. The number of anilines is 1. The molecule has 1 aromatic heterocycles. The van der Waals surface area contributed by atoms with Crippen molar-refractivity contribution < 1.29 is 4.79 Å². The van der Waals surface area contributed by atoms with Gasteiger partial charge in [-0.15, -0.1) is 0 Å². The first kappa shape index (κ1) is 18.0. The van der Waals surface area contributed by atoms with Gasteiger partial charge in [0.2, 0.25) is 11.9 Å². The number of amides is 1. The number of aryl methyl sites for hydroxylation is 1. The number of carbonyl (C=O) groups excluding carboxylic acids is 1. The van der Waals surface area contributed by atoms with Crippen LogP contribution in [0.3, 0.4) is 0 Å². The fraction of sp³-hybridized carbons (Fsp3) is 0.526. The van der Waals surface area contributed by atoms with Gasteiger partial charge in [0.25, 0.3) is 0 Å². The van der Waals surface area contributed by atoms with Gasteiger partial charge in [-0.1, -0.05) is 20.8 Å². The fourth-order valence-corrected chi connectivity index (χ4v) is 2.76. The molecule has 0 fully saturated rings. The first-order valence-corrected chi connectivity index (χ1v) is 8.16. The van der Waals surface area contributed by atoms with Gasteiger partial charge < -0.3 is 4.57 Å². The Morgan fingerprint density at radius 2 is 1.88 bits per heavy atom. The van der Waals surface area contributed by atoms with Crippen LogP contribution in [0.4, 0.5) is 5.95 Å². The zero-order valence-electron chi connectivity index (χ0n) is 15.6. The van der Waals surface area contributed by atoms with Crippen molar-refractivity contribution >= 4 is 22.9 Å². The van der Waals surface area contributed by atoms with E-state index in [0.717, 1.165) is 16.6 Å². The summed E-state index contributed by atoms with van der Waals surface area (Å²) >= 11 is 0. The van der Waals surface area contributed by atoms with E-state index in [9.17, 15) is 10.1 Å². The number of imidazole rings is 1. The molecule has 0 spiro atoms. The number of nitriles is 1. The van der Waals surface area contributed by atoms with E-state index in [1.165, 1.54) is 0 Å². The molecule has 5 nitrogen and oxygen atoms in total. The fourth-order valence-electron chi connectivity index (χ4n) is 2.76. The van der Waals surface area contributed by atoms with E-state index in [1.807, 2.05) is 44.4 Å². The van der Waals surface area contributed by atoms with Crippen LogP contribution in [0, 0.1) is 23.7 Å². The zero-order valence-corrected chi connectivity index (χ0v) is 15.6. The van der Waals surface area contributed by atoms with E-state index < -0.39 is 0 Å². The van der Waals surface area contributed by atoms with E-state index in [4.69, 9.17) is 0 Å². The molecule has 1 amide bonds. The number of rotatable bonds is 2. The lowest BCUT2D eigenvalue weighted by atomic mass is 9.92. The van der Waals surface area contributed by atoms with Gasteiger partial charge in [0.1, 0.15) is 0 Å². The topological polar surface area (TPSA) is 70.7 Å². The van der Waals surface area contributed by atoms with E-state index >= 15 is 0 Å².